The Morgan fingerprint density at radius 1 is 1.22 bits per heavy atom. The van der Waals surface area contributed by atoms with Crippen LogP contribution in [-0.2, 0) is 16.4 Å². The van der Waals surface area contributed by atoms with Gasteiger partial charge in [-0.05, 0) is 37.5 Å². The predicted molar refractivity (Wildman–Crippen MR) is 89.4 cm³/mol. The van der Waals surface area contributed by atoms with E-state index in [1.54, 1.807) is 18.3 Å². The van der Waals surface area contributed by atoms with Gasteiger partial charge in [0.05, 0.1) is 6.10 Å². The van der Waals surface area contributed by atoms with Crippen molar-refractivity contribution in [3.63, 3.8) is 0 Å². The van der Waals surface area contributed by atoms with Gasteiger partial charge in [-0.1, -0.05) is 18.2 Å². The average molecular weight is 332 g/mol. The second kappa shape index (κ2) is 6.58. The Morgan fingerprint density at radius 3 is 2.70 bits per heavy atom. The average Bonchev–Trinajstić information content (AvgIpc) is 2.49. The maximum Gasteiger partial charge on any atom is 0.179 e. The van der Waals surface area contributed by atoms with E-state index in [1.165, 1.54) is 12.7 Å². The summed E-state index contributed by atoms with van der Waals surface area (Å²) in [6.45, 7) is 0.461. The summed E-state index contributed by atoms with van der Waals surface area (Å²) < 4.78 is 29.6. The smallest absolute Gasteiger partial charge is 0.179 e. The van der Waals surface area contributed by atoms with Crippen LogP contribution in [0.5, 0.6) is 5.75 Å². The van der Waals surface area contributed by atoms with Crippen LogP contribution in [0.2, 0.25) is 0 Å². The summed E-state index contributed by atoms with van der Waals surface area (Å²) in [4.78, 5) is 4.35. The third kappa shape index (κ3) is 3.82. The fourth-order valence-corrected chi connectivity index (χ4v) is 3.24. The number of para-hydroxylation sites is 1. The molecular formula is C17H20N2O3S. The van der Waals surface area contributed by atoms with Gasteiger partial charge in [0.2, 0.25) is 0 Å². The minimum atomic E-state index is -3.32. The first-order valence-electron chi connectivity index (χ1n) is 7.67. The zero-order valence-electron chi connectivity index (χ0n) is 13.0. The second-order valence-electron chi connectivity index (χ2n) is 5.75. The van der Waals surface area contributed by atoms with Crippen molar-refractivity contribution < 1.29 is 13.2 Å². The maximum atomic E-state index is 11.8. The molecule has 1 fully saturated rings. The lowest BCUT2D eigenvalue weighted by Gasteiger charge is -2.27. The number of sulfone groups is 1. The molecule has 2 aromatic rings. The van der Waals surface area contributed by atoms with Crippen LogP contribution in [0.3, 0.4) is 0 Å². The van der Waals surface area contributed by atoms with Crippen LogP contribution in [0.4, 0.5) is 5.82 Å². The van der Waals surface area contributed by atoms with E-state index >= 15 is 0 Å². The first kappa shape index (κ1) is 15.8. The van der Waals surface area contributed by atoms with Crippen LogP contribution in [0.15, 0.2) is 47.5 Å². The fraction of sp³-hybridized carbons (Fsp3) is 0.353. The van der Waals surface area contributed by atoms with Crippen LogP contribution in [0, 0.1) is 0 Å². The van der Waals surface area contributed by atoms with Gasteiger partial charge >= 0.3 is 0 Å². The number of anilines is 1. The van der Waals surface area contributed by atoms with Crippen LogP contribution < -0.4 is 10.1 Å². The lowest BCUT2D eigenvalue weighted by atomic mass is 9.96. The van der Waals surface area contributed by atoms with Crippen molar-refractivity contribution in [2.75, 3.05) is 11.6 Å². The fourth-order valence-electron chi connectivity index (χ4n) is 2.43. The van der Waals surface area contributed by atoms with Gasteiger partial charge in [0.15, 0.2) is 9.84 Å². The number of hydrogen-bond donors (Lipinski definition) is 1. The Morgan fingerprint density at radius 2 is 2.00 bits per heavy atom. The highest BCUT2D eigenvalue weighted by Gasteiger charge is 2.20. The molecule has 3 rings (SSSR count). The van der Waals surface area contributed by atoms with E-state index in [1.807, 2.05) is 24.3 Å². The molecule has 0 amide bonds. The van der Waals surface area contributed by atoms with Crippen molar-refractivity contribution in [1.82, 2.24) is 4.98 Å². The van der Waals surface area contributed by atoms with Crippen LogP contribution >= 0.6 is 0 Å². The van der Waals surface area contributed by atoms with Gasteiger partial charge in [-0.15, -0.1) is 0 Å². The van der Waals surface area contributed by atoms with Crippen molar-refractivity contribution in [2.45, 2.75) is 36.8 Å². The lowest BCUT2D eigenvalue weighted by Crippen LogP contribution is -2.25. The number of benzene rings is 1. The Kier molecular flexibility index (Phi) is 4.52. The maximum absolute atomic E-state index is 11.8. The number of hydrogen-bond acceptors (Lipinski definition) is 5. The minimum absolute atomic E-state index is 0.206. The van der Waals surface area contributed by atoms with Gasteiger partial charge in [0.25, 0.3) is 0 Å². The van der Waals surface area contributed by atoms with Gasteiger partial charge < -0.3 is 10.1 Å². The standard InChI is InChI=1S/C17H20N2O3S/c1-23(20,21)16-10-5-11-18-17(16)19-12-13-6-2-3-9-15(13)22-14-7-4-8-14/h2-3,5-6,9-11,14H,4,7-8,12H2,1H3,(H,18,19). The van der Waals surface area contributed by atoms with Crippen LogP contribution in [0.25, 0.3) is 0 Å². The molecule has 1 aromatic heterocycles. The Hall–Kier alpha value is -2.08. The number of pyridine rings is 1. The molecule has 0 bridgehead atoms. The van der Waals surface area contributed by atoms with E-state index in [-0.39, 0.29) is 4.90 Å². The van der Waals surface area contributed by atoms with E-state index in [2.05, 4.69) is 10.3 Å². The van der Waals surface area contributed by atoms with Gasteiger partial charge in [-0.3, -0.25) is 0 Å². The Balaban J connectivity index is 1.76. The highest BCUT2D eigenvalue weighted by Crippen LogP contribution is 2.28. The SMILES string of the molecule is CS(=O)(=O)c1cccnc1NCc1ccccc1OC1CCC1. The highest BCUT2D eigenvalue weighted by molar-refractivity contribution is 7.90. The van der Waals surface area contributed by atoms with E-state index in [0.29, 0.717) is 18.5 Å². The molecule has 1 N–H and O–H groups in total. The minimum Gasteiger partial charge on any atom is -0.490 e. The molecule has 23 heavy (non-hydrogen) atoms. The number of aromatic nitrogens is 1. The molecule has 6 heteroatoms. The zero-order chi connectivity index (χ0) is 16.3. The number of nitrogens with one attached hydrogen (secondary N) is 1. The van der Waals surface area contributed by atoms with Crippen LogP contribution in [0.1, 0.15) is 24.8 Å². The molecule has 0 spiro atoms. The van der Waals surface area contributed by atoms with Gasteiger partial charge in [-0.25, -0.2) is 13.4 Å². The summed E-state index contributed by atoms with van der Waals surface area (Å²) in [5.74, 6) is 1.22. The largest absolute Gasteiger partial charge is 0.490 e. The summed E-state index contributed by atoms with van der Waals surface area (Å²) in [5.41, 5.74) is 0.990. The number of rotatable bonds is 6. The molecule has 1 aliphatic carbocycles. The summed E-state index contributed by atoms with van der Waals surface area (Å²) in [5, 5.41) is 3.12. The molecule has 5 nitrogen and oxygen atoms in total. The van der Waals surface area contributed by atoms with Crippen molar-refractivity contribution in [3.05, 3.63) is 48.2 Å². The highest BCUT2D eigenvalue weighted by atomic mass is 32.2. The first-order chi connectivity index (χ1) is 11.0. The third-order valence-electron chi connectivity index (χ3n) is 3.93. The molecule has 1 heterocycles. The molecular weight excluding hydrogens is 312 g/mol. The molecule has 1 aliphatic rings. The zero-order valence-corrected chi connectivity index (χ0v) is 13.8. The third-order valence-corrected chi connectivity index (χ3v) is 5.06. The van der Waals surface area contributed by atoms with Crippen molar-refractivity contribution >= 4 is 15.7 Å². The second-order valence-corrected chi connectivity index (χ2v) is 7.74. The molecule has 1 saturated carbocycles. The summed E-state index contributed by atoms with van der Waals surface area (Å²) >= 11 is 0. The summed E-state index contributed by atoms with van der Waals surface area (Å²) in [7, 11) is -3.32. The number of nitrogens with zero attached hydrogens (tertiary/aromatic N) is 1. The van der Waals surface area contributed by atoms with Crippen molar-refractivity contribution in [1.29, 1.82) is 0 Å². The van der Waals surface area contributed by atoms with Crippen LogP contribution in [-0.4, -0.2) is 25.8 Å². The molecule has 0 saturated heterocycles. The van der Waals surface area contributed by atoms with Crippen molar-refractivity contribution in [3.8, 4) is 5.75 Å². The monoisotopic (exact) mass is 332 g/mol. The summed E-state index contributed by atoms with van der Waals surface area (Å²) in [6, 6.07) is 11.0. The van der Waals surface area contributed by atoms with Gasteiger partial charge in [-0.2, -0.15) is 0 Å². The summed E-state index contributed by atoms with van der Waals surface area (Å²) in [6.07, 6.45) is 6.48. The van der Waals surface area contributed by atoms with Gasteiger partial charge in [0, 0.05) is 24.6 Å². The normalized spacial score (nSPS) is 15.0. The quantitative estimate of drug-likeness (QED) is 0.880. The topological polar surface area (TPSA) is 68.3 Å². The molecule has 0 aliphatic heterocycles. The Labute approximate surface area is 136 Å². The molecule has 0 radical (unpaired) electrons. The van der Waals surface area contributed by atoms with E-state index < -0.39 is 9.84 Å². The van der Waals surface area contributed by atoms with Crippen molar-refractivity contribution in [2.24, 2.45) is 0 Å². The lowest BCUT2D eigenvalue weighted by molar-refractivity contribution is 0.119. The van der Waals surface area contributed by atoms with Gasteiger partial charge in [0.1, 0.15) is 16.5 Å². The van der Waals surface area contributed by atoms with E-state index in [0.717, 1.165) is 24.2 Å². The van der Waals surface area contributed by atoms with E-state index in [4.69, 9.17) is 4.74 Å². The molecule has 0 unspecified atom stereocenters. The molecule has 1 aromatic carbocycles. The van der Waals surface area contributed by atoms with E-state index in [9.17, 15) is 8.42 Å². The Bertz CT molecular complexity index is 786. The predicted octanol–water partition coefficient (Wildman–Crippen LogP) is 3.03. The number of ether oxygens (including phenoxy) is 1. The molecule has 122 valence electrons. The molecule has 0 atom stereocenters. The first-order valence-corrected chi connectivity index (χ1v) is 9.57.